The molecule has 0 aromatic heterocycles. The van der Waals surface area contributed by atoms with Crippen LogP contribution in [0.3, 0.4) is 0 Å². The van der Waals surface area contributed by atoms with Gasteiger partial charge in [-0.3, -0.25) is 0 Å². The molecule has 2 N–H and O–H groups in total. The third-order valence-electron chi connectivity index (χ3n) is 3.09. The Kier molecular flexibility index (Phi) is 6.47. The van der Waals surface area contributed by atoms with E-state index in [9.17, 15) is 12.8 Å². The van der Waals surface area contributed by atoms with Gasteiger partial charge in [0, 0.05) is 32.3 Å². The van der Waals surface area contributed by atoms with Gasteiger partial charge < -0.3 is 10.5 Å². The van der Waals surface area contributed by atoms with E-state index in [0.717, 1.165) is 0 Å². The molecule has 0 amide bonds. The second-order valence-electron chi connectivity index (χ2n) is 4.55. The molecule has 0 aliphatic carbocycles. The van der Waals surface area contributed by atoms with E-state index in [1.165, 1.54) is 36.5 Å². The molecule has 21 heavy (non-hydrogen) atoms. The molecule has 5 nitrogen and oxygen atoms in total. The van der Waals surface area contributed by atoms with Gasteiger partial charge in [0.2, 0.25) is 10.0 Å². The lowest BCUT2D eigenvalue weighted by molar-refractivity contribution is 0.182. The summed E-state index contributed by atoms with van der Waals surface area (Å²) >= 11 is 0. The highest BCUT2D eigenvalue weighted by Crippen LogP contribution is 2.24. The average Bonchev–Trinajstić information content (AvgIpc) is 2.45. The number of benzene rings is 1. The van der Waals surface area contributed by atoms with E-state index in [2.05, 4.69) is 6.58 Å². The van der Waals surface area contributed by atoms with Crippen LogP contribution in [-0.4, -0.2) is 39.5 Å². The maximum atomic E-state index is 13.9. The van der Waals surface area contributed by atoms with Crippen LogP contribution in [0.25, 0.3) is 0 Å². The van der Waals surface area contributed by atoms with E-state index in [0.29, 0.717) is 5.56 Å². The van der Waals surface area contributed by atoms with Crippen LogP contribution < -0.4 is 5.73 Å². The number of hydrogen-bond acceptors (Lipinski definition) is 4. The van der Waals surface area contributed by atoms with E-state index in [1.54, 1.807) is 0 Å². The molecule has 0 aliphatic rings. The van der Waals surface area contributed by atoms with Crippen LogP contribution in [0.15, 0.2) is 29.7 Å². The van der Waals surface area contributed by atoms with E-state index in [1.807, 2.05) is 0 Å². The highest BCUT2D eigenvalue weighted by molar-refractivity contribution is 7.89. The van der Waals surface area contributed by atoms with Crippen molar-refractivity contribution in [2.24, 2.45) is 5.73 Å². The molecular weight excluding hydrogens is 295 g/mol. The van der Waals surface area contributed by atoms with Gasteiger partial charge in [-0.2, -0.15) is 4.31 Å². The van der Waals surface area contributed by atoms with Crippen LogP contribution >= 0.6 is 0 Å². The minimum atomic E-state index is -3.83. The summed E-state index contributed by atoms with van der Waals surface area (Å²) in [6.07, 6.45) is 1.48. The van der Waals surface area contributed by atoms with E-state index in [-0.39, 0.29) is 36.7 Å². The zero-order valence-corrected chi connectivity index (χ0v) is 13.1. The fraction of sp³-hybridized carbons (Fsp3) is 0.429. The summed E-state index contributed by atoms with van der Waals surface area (Å²) in [5.41, 5.74) is 6.00. The third-order valence-corrected chi connectivity index (χ3v) is 5.08. The van der Waals surface area contributed by atoms with Crippen LogP contribution in [0, 0.1) is 12.7 Å². The van der Waals surface area contributed by atoms with Gasteiger partial charge in [-0.1, -0.05) is 6.08 Å². The second-order valence-corrected chi connectivity index (χ2v) is 6.46. The van der Waals surface area contributed by atoms with Crippen molar-refractivity contribution in [2.45, 2.75) is 18.4 Å². The molecule has 7 heteroatoms. The number of ether oxygens (including phenoxy) is 1. The molecule has 0 radical (unpaired) electrons. The molecule has 0 unspecified atom stereocenters. The van der Waals surface area contributed by atoms with Crippen molar-refractivity contribution in [3.8, 4) is 0 Å². The molecule has 0 saturated heterocycles. The van der Waals surface area contributed by atoms with Gasteiger partial charge in [0.05, 0.1) is 11.5 Å². The van der Waals surface area contributed by atoms with Crippen molar-refractivity contribution in [3.05, 3.63) is 41.7 Å². The smallest absolute Gasteiger partial charge is 0.243 e. The van der Waals surface area contributed by atoms with Crippen LogP contribution in [-0.2, 0) is 21.3 Å². The van der Waals surface area contributed by atoms with E-state index in [4.69, 9.17) is 10.5 Å². The largest absolute Gasteiger partial charge is 0.383 e. The normalized spacial score (nSPS) is 11.9. The molecule has 0 heterocycles. The minimum Gasteiger partial charge on any atom is -0.383 e. The van der Waals surface area contributed by atoms with Gasteiger partial charge in [-0.15, -0.1) is 6.58 Å². The SMILES string of the molecule is C=CCN(CCOC)S(=O)(=O)c1cc(CN)cc(F)c1C. The molecule has 118 valence electrons. The van der Waals surface area contributed by atoms with Crippen molar-refractivity contribution < 1.29 is 17.5 Å². The number of nitrogens with two attached hydrogens (primary N) is 1. The Bertz CT molecular complexity index is 602. The van der Waals surface area contributed by atoms with E-state index >= 15 is 0 Å². The Morgan fingerprint density at radius 2 is 2.14 bits per heavy atom. The lowest BCUT2D eigenvalue weighted by Gasteiger charge is -2.22. The zero-order valence-electron chi connectivity index (χ0n) is 12.3. The predicted octanol–water partition coefficient (Wildman–Crippen LogP) is 1.42. The summed E-state index contributed by atoms with van der Waals surface area (Å²) in [6.45, 7) is 5.58. The number of sulfonamides is 1. The van der Waals surface area contributed by atoms with Gasteiger partial charge in [0.15, 0.2) is 0 Å². The predicted molar refractivity (Wildman–Crippen MR) is 79.9 cm³/mol. The van der Waals surface area contributed by atoms with Gasteiger partial charge in [0.1, 0.15) is 5.82 Å². The Morgan fingerprint density at radius 3 is 2.67 bits per heavy atom. The summed E-state index contributed by atoms with van der Waals surface area (Å²) < 4.78 is 45.4. The van der Waals surface area contributed by atoms with Crippen LogP contribution in [0.1, 0.15) is 11.1 Å². The number of methoxy groups -OCH3 is 1. The Labute approximate surface area is 125 Å². The average molecular weight is 316 g/mol. The highest BCUT2D eigenvalue weighted by atomic mass is 32.2. The van der Waals surface area contributed by atoms with Crippen LogP contribution in [0.4, 0.5) is 4.39 Å². The van der Waals surface area contributed by atoms with Gasteiger partial charge in [-0.25, -0.2) is 12.8 Å². The number of hydrogen-bond donors (Lipinski definition) is 1. The van der Waals surface area contributed by atoms with E-state index < -0.39 is 15.8 Å². The molecular formula is C14H21FN2O3S. The van der Waals surface area contributed by atoms with Crippen LogP contribution in [0.2, 0.25) is 0 Å². The maximum Gasteiger partial charge on any atom is 0.243 e. The number of nitrogens with zero attached hydrogens (tertiary/aromatic N) is 1. The summed E-state index contributed by atoms with van der Waals surface area (Å²) in [5.74, 6) is -0.582. The van der Waals surface area contributed by atoms with Crippen LogP contribution in [0.5, 0.6) is 0 Å². The Morgan fingerprint density at radius 1 is 1.48 bits per heavy atom. The quantitative estimate of drug-likeness (QED) is 0.736. The van der Waals surface area contributed by atoms with Gasteiger partial charge in [-0.05, 0) is 24.6 Å². The first kappa shape index (κ1) is 17.8. The Hall–Kier alpha value is -1.28. The van der Waals surface area contributed by atoms with Crippen molar-refractivity contribution in [3.63, 3.8) is 0 Å². The molecule has 1 aromatic carbocycles. The summed E-state index contributed by atoms with van der Waals surface area (Å²) in [7, 11) is -2.35. The molecule has 1 rings (SSSR count). The summed E-state index contributed by atoms with van der Waals surface area (Å²) in [4.78, 5) is -0.0686. The lowest BCUT2D eigenvalue weighted by atomic mass is 10.1. The summed E-state index contributed by atoms with van der Waals surface area (Å²) in [6, 6.07) is 2.66. The first-order valence-electron chi connectivity index (χ1n) is 6.47. The Balaban J connectivity index is 3.32. The number of halogens is 1. The molecule has 0 fully saturated rings. The fourth-order valence-corrected chi connectivity index (χ4v) is 3.56. The molecule has 0 bridgehead atoms. The van der Waals surface area contributed by atoms with Crippen molar-refractivity contribution in [2.75, 3.05) is 26.8 Å². The van der Waals surface area contributed by atoms with Gasteiger partial charge in [0.25, 0.3) is 0 Å². The third kappa shape index (κ3) is 4.10. The molecule has 0 spiro atoms. The minimum absolute atomic E-state index is 0.0686. The first-order chi connectivity index (χ1) is 9.88. The molecule has 0 aliphatic heterocycles. The first-order valence-corrected chi connectivity index (χ1v) is 7.91. The van der Waals surface area contributed by atoms with Crippen molar-refractivity contribution in [1.29, 1.82) is 0 Å². The van der Waals surface area contributed by atoms with Crippen molar-refractivity contribution in [1.82, 2.24) is 4.31 Å². The fourth-order valence-electron chi connectivity index (χ4n) is 1.88. The summed E-state index contributed by atoms with van der Waals surface area (Å²) in [5, 5.41) is 0. The maximum absolute atomic E-state index is 13.9. The topological polar surface area (TPSA) is 72.6 Å². The molecule has 0 saturated carbocycles. The standard InChI is InChI=1S/C14H21FN2O3S/c1-4-5-17(6-7-20-3)21(18,19)14-9-12(10-16)8-13(15)11(14)2/h4,8-9H,1,5-7,10,16H2,2-3H3. The molecule has 1 aromatic rings. The second kappa shape index (κ2) is 7.65. The number of rotatable bonds is 8. The zero-order chi connectivity index (χ0) is 16.0. The monoisotopic (exact) mass is 316 g/mol. The lowest BCUT2D eigenvalue weighted by Crippen LogP contribution is -2.34. The highest BCUT2D eigenvalue weighted by Gasteiger charge is 2.26. The van der Waals surface area contributed by atoms with Gasteiger partial charge >= 0.3 is 0 Å². The molecule has 0 atom stereocenters. The van der Waals surface area contributed by atoms with Crippen molar-refractivity contribution >= 4 is 10.0 Å².